The van der Waals surface area contributed by atoms with Crippen molar-refractivity contribution in [3.8, 4) is 11.3 Å². The molecule has 0 unspecified atom stereocenters. The van der Waals surface area contributed by atoms with Crippen molar-refractivity contribution in [2.24, 2.45) is 7.05 Å². The summed E-state index contributed by atoms with van der Waals surface area (Å²) < 4.78 is 27.9. The molecule has 0 amide bonds. The minimum atomic E-state index is -3.76. The van der Waals surface area contributed by atoms with Gasteiger partial charge >= 0.3 is 0 Å². The molecule has 2 aromatic heterocycles. The van der Waals surface area contributed by atoms with E-state index in [-0.39, 0.29) is 10.8 Å². The Bertz CT molecular complexity index is 853. The van der Waals surface area contributed by atoms with Crippen LogP contribution in [-0.4, -0.2) is 33.6 Å². The number of anilines is 1. The zero-order chi connectivity index (χ0) is 14.9. The number of sulfonamides is 1. The van der Waals surface area contributed by atoms with Crippen molar-refractivity contribution in [1.82, 2.24) is 25.2 Å². The third kappa shape index (κ3) is 2.63. The van der Waals surface area contributed by atoms with E-state index in [4.69, 9.17) is 0 Å². The molecule has 0 aliphatic heterocycles. The molecule has 8 nitrogen and oxygen atoms in total. The van der Waals surface area contributed by atoms with Crippen molar-refractivity contribution in [3.05, 3.63) is 42.6 Å². The number of nitrogens with one attached hydrogen (secondary N) is 2. The van der Waals surface area contributed by atoms with Crippen LogP contribution in [0, 0.1) is 0 Å². The molecule has 0 fully saturated rings. The second-order valence-corrected chi connectivity index (χ2v) is 5.96. The largest absolute Gasteiger partial charge is 0.281 e. The van der Waals surface area contributed by atoms with Crippen molar-refractivity contribution in [2.45, 2.75) is 5.03 Å². The van der Waals surface area contributed by atoms with E-state index in [0.29, 0.717) is 0 Å². The van der Waals surface area contributed by atoms with Crippen LogP contribution in [0.4, 0.5) is 5.82 Å². The Morgan fingerprint density at radius 1 is 1.24 bits per heavy atom. The van der Waals surface area contributed by atoms with E-state index in [1.54, 1.807) is 6.07 Å². The van der Waals surface area contributed by atoms with Crippen LogP contribution in [0.3, 0.4) is 0 Å². The first-order valence-electron chi connectivity index (χ1n) is 6.04. The van der Waals surface area contributed by atoms with Crippen LogP contribution < -0.4 is 4.72 Å². The van der Waals surface area contributed by atoms with Gasteiger partial charge in [-0.1, -0.05) is 35.5 Å². The predicted octanol–water partition coefficient (Wildman–Crippen LogP) is 1.01. The highest BCUT2D eigenvalue weighted by molar-refractivity contribution is 7.92. The molecular weight excluding hydrogens is 292 g/mol. The lowest BCUT2D eigenvalue weighted by Gasteiger charge is -2.03. The lowest BCUT2D eigenvalue weighted by Crippen LogP contribution is -2.16. The molecule has 0 atom stereocenters. The van der Waals surface area contributed by atoms with Crippen LogP contribution in [0.5, 0.6) is 0 Å². The van der Waals surface area contributed by atoms with Crippen LogP contribution >= 0.6 is 0 Å². The van der Waals surface area contributed by atoms with Crippen molar-refractivity contribution < 1.29 is 8.42 Å². The Labute approximate surface area is 120 Å². The summed E-state index contributed by atoms with van der Waals surface area (Å²) in [7, 11) is -2.26. The molecule has 21 heavy (non-hydrogen) atoms. The van der Waals surface area contributed by atoms with Gasteiger partial charge in [0.05, 0.1) is 11.9 Å². The first-order valence-corrected chi connectivity index (χ1v) is 7.53. The molecule has 0 aliphatic rings. The summed E-state index contributed by atoms with van der Waals surface area (Å²) in [6, 6.07) is 11.1. The standard InChI is InChI=1S/C12H12N6O2S/c1-18-12(8-13-17-18)21(19,20)16-11-7-10(14-15-11)9-5-3-2-4-6-9/h2-8H,1H3,(H2,14,15,16). The second kappa shape index (κ2) is 5.02. The molecule has 0 bridgehead atoms. The zero-order valence-electron chi connectivity index (χ0n) is 11.1. The molecule has 1 aromatic carbocycles. The summed E-state index contributed by atoms with van der Waals surface area (Å²) in [4.78, 5) is 0. The van der Waals surface area contributed by atoms with Gasteiger partial charge in [-0.2, -0.15) is 13.5 Å². The zero-order valence-corrected chi connectivity index (χ0v) is 11.9. The van der Waals surface area contributed by atoms with E-state index in [1.807, 2.05) is 30.3 Å². The Morgan fingerprint density at radius 3 is 2.67 bits per heavy atom. The van der Waals surface area contributed by atoms with Crippen LogP contribution in [0.15, 0.2) is 47.6 Å². The van der Waals surface area contributed by atoms with Gasteiger partial charge in [-0.05, 0) is 5.56 Å². The summed E-state index contributed by atoms with van der Waals surface area (Å²) >= 11 is 0. The Kier molecular flexibility index (Phi) is 3.18. The van der Waals surface area contributed by atoms with Crippen molar-refractivity contribution >= 4 is 15.8 Å². The third-order valence-corrected chi connectivity index (χ3v) is 4.25. The number of rotatable bonds is 4. The van der Waals surface area contributed by atoms with Crippen molar-refractivity contribution in [1.29, 1.82) is 0 Å². The first-order chi connectivity index (χ1) is 10.1. The molecule has 9 heteroatoms. The highest BCUT2D eigenvalue weighted by Gasteiger charge is 2.20. The highest BCUT2D eigenvalue weighted by Crippen LogP contribution is 2.20. The third-order valence-electron chi connectivity index (χ3n) is 2.85. The number of hydrogen-bond donors (Lipinski definition) is 2. The normalized spacial score (nSPS) is 11.5. The lowest BCUT2D eigenvalue weighted by atomic mass is 10.2. The van der Waals surface area contributed by atoms with Gasteiger partial charge in [0.2, 0.25) is 0 Å². The van der Waals surface area contributed by atoms with Crippen LogP contribution in [0.25, 0.3) is 11.3 Å². The molecule has 0 saturated carbocycles. The minimum absolute atomic E-state index is 0.0354. The summed E-state index contributed by atoms with van der Waals surface area (Å²) in [6.07, 6.45) is 1.17. The molecule has 0 radical (unpaired) electrons. The molecule has 0 saturated heterocycles. The van der Waals surface area contributed by atoms with Gasteiger partial charge in [0.15, 0.2) is 10.8 Å². The molecule has 2 heterocycles. The topological polar surface area (TPSA) is 106 Å². The molecule has 3 rings (SSSR count). The summed E-state index contributed by atoms with van der Waals surface area (Å²) in [6.45, 7) is 0. The maximum Gasteiger partial charge on any atom is 0.281 e. The fraction of sp³-hybridized carbons (Fsp3) is 0.0833. The predicted molar refractivity (Wildman–Crippen MR) is 75.8 cm³/mol. The smallest absolute Gasteiger partial charge is 0.276 e. The molecule has 0 aliphatic carbocycles. The van der Waals surface area contributed by atoms with Crippen LogP contribution in [0.1, 0.15) is 0 Å². The Hall–Kier alpha value is -2.68. The van der Waals surface area contributed by atoms with Crippen molar-refractivity contribution in [2.75, 3.05) is 4.72 Å². The van der Waals surface area contributed by atoms with E-state index in [2.05, 4.69) is 25.2 Å². The van der Waals surface area contributed by atoms with Crippen LogP contribution in [-0.2, 0) is 17.1 Å². The number of aromatic amines is 1. The Balaban J connectivity index is 1.87. The van der Waals surface area contributed by atoms with E-state index >= 15 is 0 Å². The highest BCUT2D eigenvalue weighted by atomic mass is 32.2. The lowest BCUT2D eigenvalue weighted by molar-refractivity contribution is 0.579. The van der Waals surface area contributed by atoms with Crippen molar-refractivity contribution in [3.63, 3.8) is 0 Å². The number of hydrogen-bond acceptors (Lipinski definition) is 5. The Morgan fingerprint density at radius 2 is 2.00 bits per heavy atom. The van der Waals surface area contributed by atoms with Crippen LogP contribution in [0.2, 0.25) is 0 Å². The number of nitrogens with zero attached hydrogens (tertiary/aromatic N) is 4. The average Bonchev–Trinajstić information content (AvgIpc) is 3.08. The van der Waals surface area contributed by atoms with Gasteiger partial charge in [0, 0.05) is 13.1 Å². The van der Waals surface area contributed by atoms with Gasteiger partial charge in [-0.3, -0.25) is 9.82 Å². The maximum atomic E-state index is 12.2. The fourth-order valence-electron chi connectivity index (χ4n) is 1.85. The monoisotopic (exact) mass is 304 g/mol. The second-order valence-electron chi connectivity index (χ2n) is 4.33. The van der Waals surface area contributed by atoms with E-state index in [0.717, 1.165) is 11.3 Å². The minimum Gasteiger partial charge on any atom is -0.276 e. The quantitative estimate of drug-likeness (QED) is 0.748. The van der Waals surface area contributed by atoms with Gasteiger partial charge < -0.3 is 0 Å². The van der Waals surface area contributed by atoms with E-state index < -0.39 is 10.0 Å². The molecule has 0 spiro atoms. The molecule has 108 valence electrons. The summed E-state index contributed by atoms with van der Waals surface area (Å²) in [5.74, 6) is 0.204. The number of H-pyrrole nitrogens is 1. The average molecular weight is 304 g/mol. The van der Waals surface area contributed by atoms with Gasteiger partial charge in [0.25, 0.3) is 10.0 Å². The maximum absolute atomic E-state index is 12.2. The van der Waals surface area contributed by atoms with Gasteiger partial charge in [-0.15, -0.1) is 5.10 Å². The summed E-state index contributed by atoms with van der Waals surface area (Å²) in [5.41, 5.74) is 1.63. The number of aromatic nitrogens is 5. The van der Waals surface area contributed by atoms with Gasteiger partial charge in [-0.25, -0.2) is 4.68 Å². The van der Waals surface area contributed by atoms with E-state index in [9.17, 15) is 8.42 Å². The molecule has 3 aromatic rings. The van der Waals surface area contributed by atoms with Gasteiger partial charge in [0.1, 0.15) is 0 Å². The number of benzene rings is 1. The fourth-order valence-corrected chi connectivity index (χ4v) is 2.91. The number of aryl methyl sites for hydroxylation is 1. The molecule has 2 N–H and O–H groups in total. The first kappa shape index (κ1) is 13.3. The van der Waals surface area contributed by atoms with E-state index in [1.165, 1.54) is 17.9 Å². The molecular formula is C12H12N6O2S. The summed E-state index contributed by atoms with van der Waals surface area (Å²) in [5, 5.41) is 13.9. The SMILES string of the molecule is Cn1nncc1S(=O)(=O)Nc1cc(-c2ccccc2)[nH]n1.